The molecule has 88 valence electrons. The van der Waals surface area contributed by atoms with E-state index >= 15 is 0 Å². The van der Waals surface area contributed by atoms with Crippen LogP contribution in [0.25, 0.3) is 0 Å². The van der Waals surface area contributed by atoms with Crippen LogP contribution in [0.4, 0.5) is 0 Å². The summed E-state index contributed by atoms with van der Waals surface area (Å²) in [7, 11) is 0. The first-order chi connectivity index (χ1) is 7.17. The van der Waals surface area contributed by atoms with Gasteiger partial charge in [0.15, 0.2) is 0 Å². The Hall–Kier alpha value is -0.120. The van der Waals surface area contributed by atoms with Crippen LogP contribution in [-0.2, 0) is 4.74 Å². The van der Waals surface area contributed by atoms with Gasteiger partial charge in [-0.3, -0.25) is 0 Å². The van der Waals surface area contributed by atoms with Crippen molar-refractivity contribution in [3.8, 4) is 0 Å². The third-order valence-electron chi connectivity index (χ3n) is 3.81. The lowest BCUT2D eigenvalue weighted by Crippen LogP contribution is -2.40. The van der Waals surface area contributed by atoms with Gasteiger partial charge in [0.25, 0.3) is 0 Å². The van der Waals surface area contributed by atoms with Gasteiger partial charge in [-0.05, 0) is 45.6 Å². The summed E-state index contributed by atoms with van der Waals surface area (Å²) in [5, 5.41) is 10.0. The van der Waals surface area contributed by atoms with Crippen molar-refractivity contribution in [2.75, 3.05) is 26.3 Å². The van der Waals surface area contributed by atoms with Crippen LogP contribution in [0.3, 0.4) is 0 Å². The minimum Gasteiger partial charge on any atom is -0.390 e. The Bertz CT molecular complexity index is 200. The highest BCUT2D eigenvalue weighted by molar-refractivity contribution is 4.83. The molecule has 2 aliphatic heterocycles. The number of hydrogen-bond donors (Lipinski definition) is 1. The normalized spacial score (nSPS) is 36.4. The largest absolute Gasteiger partial charge is 0.390 e. The van der Waals surface area contributed by atoms with Crippen molar-refractivity contribution in [3.63, 3.8) is 0 Å². The van der Waals surface area contributed by atoms with E-state index in [0.29, 0.717) is 6.04 Å². The molecule has 3 nitrogen and oxygen atoms in total. The molecule has 0 spiro atoms. The van der Waals surface area contributed by atoms with Crippen molar-refractivity contribution in [2.45, 2.75) is 50.7 Å². The number of ether oxygens (including phenoxy) is 1. The number of rotatable bonds is 1. The molecule has 0 aromatic heterocycles. The SMILES string of the molecule is CC1(O)CCCN(C2CCOCC2)CC1. The fraction of sp³-hybridized carbons (Fsp3) is 1.00. The third kappa shape index (κ3) is 3.16. The molecule has 2 fully saturated rings. The van der Waals surface area contributed by atoms with E-state index in [1.54, 1.807) is 0 Å². The van der Waals surface area contributed by atoms with Crippen LogP contribution >= 0.6 is 0 Å². The molecule has 2 aliphatic rings. The summed E-state index contributed by atoms with van der Waals surface area (Å²) in [4.78, 5) is 2.56. The summed E-state index contributed by atoms with van der Waals surface area (Å²) in [5.74, 6) is 0. The zero-order chi connectivity index (χ0) is 10.7. The number of hydrogen-bond acceptors (Lipinski definition) is 3. The standard InChI is InChI=1S/C12H23NO2/c1-12(14)5-2-7-13(8-6-12)11-3-9-15-10-4-11/h11,14H,2-10H2,1H3. The van der Waals surface area contributed by atoms with Gasteiger partial charge in [0.2, 0.25) is 0 Å². The van der Waals surface area contributed by atoms with Gasteiger partial charge in [-0.2, -0.15) is 0 Å². The Labute approximate surface area is 92.4 Å². The Kier molecular flexibility index (Phi) is 3.65. The Morgan fingerprint density at radius 1 is 1.20 bits per heavy atom. The third-order valence-corrected chi connectivity index (χ3v) is 3.81. The zero-order valence-corrected chi connectivity index (χ0v) is 9.74. The van der Waals surface area contributed by atoms with Crippen molar-refractivity contribution in [3.05, 3.63) is 0 Å². The van der Waals surface area contributed by atoms with E-state index in [2.05, 4.69) is 4.90 Å². The molecule has 15 heavy (non-hydrogen) atoms. The molecule has 0 bridgehead atoms. The highest BCUT2D eigenvalue weighted by atomic mass is 16.5. The monoisotopic (exact) mass is 213 g/mol. The van der Waals surface area contributed by atoms with Gasteiger partial charge in [-0.25, -0.2) is 0 Å². The number of nitrogens with zero attached hydrogens (tertiary/aromatic N) is 1. The fourth-order valence-electron chi connectivity index (χ4n) is 2.70. The van der Waals surface area contributed by atoms with Crippen molar-refractivity contribution in [1.29, 1.82) is 0 Å². The summed E-state index contributed by atoms with van der Waals surface area (Å²) in [5.41, 5.74) is -0.431. The van der Waals surface area contributed by atoms with Crippen LogP contribution in [0.5, 0.6) is 0 Å². The molecule has 1 atom stereocenters. The molecule has 0 radical (unpaired) electrons. The van der Waals surface area contributed by atoms with Gasteiger partial charge < -0.3 is 14.7 Å². The molecular formula is C12H23NO2. The van der Waals surface area contributed by atoms with E-state index in [-0.39, 0.29) is 0 Å². The maximum atomic E-state index is 10.0. The smallest absolute Gasteiger partial charge is 0.0632 e. The quantitative estimate of drug-likeness (QED) is 0.714. The lowest BCUT2D eigenvalue weighted by Gasteiger charge is -2.33. The molecule has 2 heterocycles. The van der Waals surface area contributed by atoms with Crippen molar-refractivity contribution < 1.29 is 9.84 Å². The number of likely N-dealkylation sites (tertiary alicyclic amines) is 1. The van der Waals surface area contributed by atoms with E-state index in [0.717, 1.165) is 45.6 Å². The molecule has 2 saturated heterocycles. The zero-order valence-electron chi connectivity index (χ0n) is 9.74. The highest BCUT2D eigenvalue weighted by Gasteiger charge is 2.28. The average Bonchev–Trinajstić information content (AvgIpc) is 2.41. The predicted octanol–water partition coefficient (Wildman–Crippen LogP) is 1.40. The van der Waals surface area contributed by atoms with Crippen LogP contribution in [0.1, 0.15) is 39.0 Å². The predicted molar refractivity (Wildman–Crippen MR) is 59.9 cm³/mol. The second-order valence-corrected chi connectivity index (χ2v) is 5.23. The summed E-state index contributed by atoms with van der Waals surface area (Å²) >= 11 is 0. The fourth-order valence-corrected chi connectivity index (χ4v) is 2.70. The van der Waals surface area contributed by atoms with Crippen molar-refractivity contribution in [1.82, 2.24) is 4.90 Å². The minimum atomic E-state index is -0.431. The van der Waals surface area contributed by atoms with Crippen LogP contribution < -0.4 is 0 Å². The number of aliphatic hydroxyl groups is 1. The van der Waals surface area contributed by atoms with Crippen molar-refractivity contribution in [2.24, 2.45) is 0 Å². The maximum Gasteiger partial charge on any atom is 0.0632 e. The molecule has 0 saturated carbocycles. The average molecular weight is 213 g/mol. The first-order valence-corrected chi connectivity index (χ1v) is 6.22. The molecule has 0 aromatic rings. The molecule has 3 heteroatoms. The summed E-state index contributed by atoms with van der Waals surface area (Å²) in [6.07, 6.45) is 5.34. The first kappa shape index (κ1) is 11.4. The topological polar surface area (TPSA) is 32.7 Å². The first-order valence-electron chi connectivity index (χ1n) is 6.22. The van der Waals surface area contributed by atoms with E-state index in [1.165, 1.54) is 12.8 Å². The summed E-state index contributed by atoms with van der Waals surface area (Å²) < 4.78 is 5.39. The molecule has 2 rings (SSSR count). The molecule has 0 aromatic carbocycles. The van der Waals surface area contributed by atoms with Crippen molar-refractivity contribution >= 4 is 0 Å². The molecule has 1 N–H and O–H groups in total. The molecule has 0 aliphatic carbocycles. The van der Waals surface area contributed by atoms with Gasteiger partial charge in [-0.15, -0.1) is 0 Å². The summed E-state index contributed by atoms with van der Waals surface area (Å²) in [6, 6.07) is 0.702. The molecular weight excluding hydrogens is 190 g/mol. The second kappa shape index (κ2) is 4.81. The van der Waals surface area contributed by atoms with Crippen LogP contribution in [0.15, 0.2) is 0 Å². The van der Waals surface area contributed by atoms with Gasteiger partial charge in [0, 0.05) is 25.8 Å². The van der Waals surface area contributed by atoms with Gasteiger partial charge in [0.1, 0.15) is 0 Å². The van der Waals surface area contributed by atoms with Crippen LogP contribution in [-0.4, -0.2) is 48.0 Å². The van der Waals surface area contributed by atoms with E-state index in [1.807, 2.05) is 6.92 Å². The van der Waals surface area contributed by atoms with E-state index < -0.39 is 5.60 Å². The minimum absolute atomic E-state index is 0.431. The Morgan fingerprint density at radius 2 is 1.93 bits per heavy atom. The van der Waals surface area contributed by atoms with Gasteiger partial charge in [-0.1, -0.05) is 0 Å². The summed E-state index contributed by atoms with van der Waals surface area (Å²) in [6.45, 7) is 6.01. The second-order valence-electron chi connectivity index (χ2n) is 5.23. The van der Waals surface area contributed by atoms with E-state index in [4.69, 9.17) is 4.74 Å². The highest BCUT2D eigenvalue weighted by Crippen LogP contribution is 2.24. The lowest BCUT2D eigenvalue weighted by atomic mass is 9.98. The lowest BCUT2D eigenvalue weighted by molar-refractivity contribution is 0.0240. The van der Waals surface area contributed by atoms with Crippen LogP contribution in [0, 0.1) is 0 Å². The van der Waals surface area contributed by atoms with E-state index in [9.17, 15) is 5.11 Å². The Morgan fingerprint density at radius 3 is 2.67 bits per heavy atom. The van der Waals surface area contributed by atoms with Crippen LogP contribution in [0.2, 0.25) is 0 Å². The Balaban J connectivity index is 1.87. The maximum absolute atomic E-state index is 10.0. The van der Waals surface area contributed by atoms with Gasteiger partial charge in [0.05, 0.1) is 5.60 Å². The molecule has 0 amide bonds. The van der Waals surface area contributed by atoms with Gasteiger partial charge >= 0.3 is 0 Å². The molecule has 1 unspecified atom stereocenters.